The lowest BCUT2D eigenvalue weighted by molar-refractivity contribution is 0.0526. The van der Waals surface area contributed by atoms with Gasteiger partial charge in [0.05, 0.1) is 18.8 Å². The Morgan fingerprint density at radius 3 is 2.43 bits per heavy atom. The monoisotopic (exact) mass is 287 g/mol. The summed E-state index contributed by atoms with van der Waals surface area (Å²) in [5.41, 5.74) is 0.410. The maximum absolute atomic E-state index is 11.6. The van der Waals surface area contributed by atoms with Gasteiger partial charge in [-0.2, -0.15) is 0 Å². The quantitative estimate of drug-likeness (QED) is 0.762. The van der Waals surface area contributed by atoms with Crippen molar-refractivity contribution in [2.75, 3.05) is 13.2 Å². The maximum Gasteiger partial charge on any atom is 0.338 e. The van der Waals surface area contributed by atoms with Crippen LogP contribution in [0.2, 0.25) is 0 Å². The molecular weight excluding hydrogens is 270 g/mol. The number of hydrogen-bond donors (Lipinski definition) is 0. The van der Waals surface area contributed by atoms with Crippen molar-refractivity contribution in [3.63, 3.8) is 0 Å². The van der Waals surface area contributed by atoms with E-state index in [1.54, 1.807) is 31.2 Å². The molecule has 2 aromatic rings. The average Bonchev–Trinajstić information content (AvgIpc) is 2.50. The van der Waals surface area contributed by atoms with Crippen LogP contribution in [-0.4, -0.2) is 24.2 Å². The molecule has 5 heteroatoms. The van der Waals surface area contributed by atoms with Crippen LogP contribution < -0.4 is 9.47 Å². The van der Waals surface area contributed by atoms with Crippen LogP contribution >= 0.6 is 0 Å². The third kappa shape index (κ3) is 4.21. The fourth-order valence-corrected chi connectivity index (χ4v) is 1.70. The van der Waals surface area contributed by atoms with Gasteiger partial charge >= 0.3 is 5.97 Å². The molecule has 2 rings (SSSR count). The van der Waals surface area contributed by atoms with Gasteiger partial charge in [-0.3, -0.25) is 0 Å². The normalized spacial score (nSPS) is 10.0. The predicted molar refractivity (Wildman–Crippen MR) is 77.9 cm³/mol. The van der Waals surface area contributed by atoms with Crippen molar-refractivity contribution in [2.45, 2.75) is 13.8 Å². The second-order valence-electron chi connectivity index (χ2n) is 4.11. The largest absolute Gasteiger partial charge is 0.494 e. The number of aromatic nitrogens is 1. The van der Waals surface area contributed by atoms with E-state index >= 15 is 0 Å². The molecule has 0 bridgehead atoms. The molecule has 110 valence electrons. The van der Waals surface area contributed by atoms with E-state index in [0.717, 1.165) is 5.75 Å². The molecule has 0 saturated heterocycles. The van der Waals surface area contributed by atoms with Crippen molar-refractivity contribution in [3.05, 3.63) is 48.2 Å². The van der Waals surface area contributed by atoms with Crippen LogP contribution in [-0.2, 0) is 4.74 Å². The predicted octanol–water partition coefficient (Wildman–Crippen LogP) is 3.45. The molecule has 0 unspecified atom stereocenters. The Kier molecular flexibility index (Phi) is 5.15. The number of nitrogens with zero attached hydrogens (tertiary/aromatic N) is 1. The van der Waals surface area contributed by atoms with Gasteiger partial charge < -0.3 is 14.2 Å². The highest BCUT2D eigenvalue weighted by molar-refractivity contribution is 5.89. The van der Waals surface area contributed by atoms with Gasteiger partial charge in [-0.1, -0.05) is 0 Å². The number of ether oxygens (including phenoxy) is 3. The molecule has 21 heavy (non-hydrogen) atoms. The van der Waals surface area contributed by atoms with Crippen molar-refractivity contribution in [1.82, 2.24) is 4.98 Å². The summed E-state index contributed by atoms with van der Waals surface area (Å²) < 4.78 is 15.9. The molecular formula is C16H17NO4. The Hall–Kier alpha value is -2.56. The van der Waals surface area contributed by atoms with Gasteiger partial charge in [-0.15, -0.1) is 0 Å². The highest BCUT2D eigenvalue weighted by Crippen LogP contribution is 2.23. The Bertz CT molecular complexity index is 595. The first kappa shape index (κ1) is 14.8. The number of carbonyl (C=O) groups excluding carboxylic acids is 1. The average molecular weight is 287 g/mol. The minimum absolute atomic E-state index is 0.330. The first-order valence-corrected chi connectivity index (χ1v) is 6.76. The fourth-order valence-electron chi connectivity index (χ4n) is 1.70. The zero-order valence-electron chi connectivity index (χ0n) is 12.0. The molecule has 0 atom stereocenters. The lowest BCUT2D eigenvalue weighted by atomic mass is 10.2. The van der Waals surface area contributed by atoms with Gasteiger partial charge in [-0.05, 0) is 44.2 Å². The highest BCUT2D eigenvalue weighted by Gasteiger charge is 2.08. The van der Waals surface area contributed by atoms with Crippen molar-refractivity contribution >= 4 is 5.97 Å². The molecule has 0 N–H and O–H groups in total. The minimum atomic E-state index is -0.392. The number of pyridine rings is 1. The van der Waals surface area contributed by atoms with Crippen LogP contribution in [0, 0.1) is 0 Å². The Labute approximate surface area is 123 Å². The number of esters is 1. The van der Waals surface area contributed by atoms with Gasteiger partial charge in [0, 0.05) is 12.3 Å². The van der Waals surface area contributed by atoms with Crippen LogP contribution in [0.25, 0.3) is 0 Å². The van der Waals surface area contributed by atoms with Gasteiger partial charge in [0.2, 0.25) is 5.88 Å². The van der Waals surface area contributed by atoms with Crippen molar-refractivity contribution in [1.29, 1.82) is 0 Å². The first-order chi connectivity index (χ1) is 10.2. The standard InChI is InChI=1S/C16H17NO4/c1-3-19-13-5-7-14(8-6-13)21-15-11-12(9-10-17-15)16(18)20-4-2/h5-11H,3-4H2,1-2H3. The van der Waals surface area contributed by atoms with Crippen LogP contribution in [0.1, 0.15) is 24.2 Å². The molecule has 1 aromatic heterocycles. The van der Waals surface area contributed by atoms with Crippen molar-refractivity contribution in [3.8, 4) is 17.4 Å². The number of hydrogen-bond acceptors (Lipinski definition) is 5. The third-order valence-corrected chi connectivity index (χ3v) is 2.60. The summed E-state index contributed by atoms with van der Waals surface area (Å²) >= 11 is 0. The number of rotatable bonds is 6. The smallest absolute Gasteiger partial charge is 0.338 e. The summed E-state index contributed by atoms with van der Waals surface area (Å²) in [5.74, 6) is 1.34. The Balaban J connectivity index is 2.08. The number of benzene rings is 1. The molecule has 0 spiro atoms. The van der Waals surface area contributed by atoms with Gasteiger partial charge in [0.25, 0.3) is 0 Å². The molecule has 5 nitrogen and oxygen atoms in total. The summed E-state index contributed by atoms with van der Waals surface area (Å²) in [6.07, 6.45) is 1.51. The third-order valence-electron chi connectivity index (χ3n) is 2.60. The summed E-state index contributed by atoms with van der Waals surface area (Å²) in [7, 11) is 0. The molecule has 0 amide bonds. The van der Waals surface area contributed by atoms with E-state index in [4.69, 9.17) is 14.2 Å². The van der Waals surface area contributed by atoms with Crippen LogP contribution in [0.3, 0.4) is 0 Å². The molecule has 0 radical (unpaired) electrons. The van der Waals surface area contributed by atoms with E-state index in [1.807, 2.05) is 19.1 Å². The molecule has 0 aliphatic rings. The summed E-state index contributed by atoms with van der Waals surface area (Å²) in [6.45, 7) is 4.63. The molecule has 0 aliphatic heterocycles. The highest BCUT2D eigenvalue weighted by atomic mass is 16.5. The van der Waals surface area contributed by atoms with Crippen LogP contribution in [0.15, 0.2) is 42.6 Å². The molecule has 0 fully saturated rings. The SMILES string of the molecule is CCOC(=O)c1ccnc(Oc2ccc(OCC)cc2)c1. The van der Waals surface area contributed by atoms with Crippen molar-refractivity contribution < 1.29 is 19.0 Å². The lowest BCUT2D eigenvalue weighted by Crippen LogP contribution is -2.05. The van der Waals surface area contributed by atoms with Gasteiger partial charge in [0.1, 0.15) is 11.5 Å². The van der Waals surface area contributed by atoms with E-state index in [2.05, 4.69) is 4.98 Å². The summed E-state index contributed by atoms with van der Waals surface area (Å²) in [4.78, 5) is 15.7. The lowest BCUT2D eigenvalue weighted by Gasteiger charge is -2.07. The molecule has 1 heterocycles. The second kappa shape index (κ2) is 7.28. The van der Waals surface area contributed by atoms with E-state index < -0.39 is 5.97 Å². The zero-order valence-corrected chi connectivity index (χ0v) is 12.0. The van der Waals surface area contributed by atoms with Crippen molar-refractivity contribution in [2.24, 2.45) is 0 Å². The second-order valence-corrected chi connectivity index (χ2v) is 4.11. The maximum atomic E-state index is 11.6. The molecule has 1 aromatic carbocycles. The number of carbonyl (C=O) groups is 1. The van der Waals surface area contributed by atoms with Crippen LogP contribution in [0.5, 0.6) is 17.4 Å². The van der Waals surface area contributed by atoms with E-state index in [9.17, 15) is 4.79 Å². The van der Waals surface area contributed by atoms with Gasteiger partial charge in [0.15, 0.2) is 0 Å². The van der Waals surface area contributed by atoms with E-state index in [1.165, 1.54) is 6.20 Å². The zero-order chi connectivity index (χ0) is 15.1. The van der Waals surface area contributed by atoms with E-state index in [0.29, 0.717) is 30.4 Å². The van der Waals surface area contributed by atoms with Gasteiger partial charge in [-0.25, -0.2) is 9.78 Å². The minimum Gasteiger partial charge on any atom is -0.494 e. The molecule has 0 aliphatic carbocycles. The summed E-state index contributed by atoms with van der Waals surface area (Å²) in [5, 5.41) is 0. The first-order valence-electron chi connectivity index (χ1n) is 6.76. The van der Waals surface area contributed by atoms with E-state index in [-0.39, 0.29) is 0 Å². The van der Waals surface area contributed by atoms with Crippen LogP contribution in [0.4, 0.5) is 0 Å². The topological polar surface area (TPSA) is 57.7 Å². The summed E-state index contributed by atoms with van der Waals surface area (Å²) in [6, 6.07) is 10.3. The molecule has 0 saturated carbocycles. The Morgan fingerprint density at radius 2 is 1.76 bits per heavy atom. The fraction of sp³-hybridized carbons (Fsp3) is 0.250. The Morgan fingerprint density at radius 1 is 1.05 bits per heavy atom.